The van der Waals surface area contributed by atoms with Gasteiger partial charge in [0.25, 0.3) is 0 Å². The van der Waals surface area contributed by atoms with Crippen LogP contribution in [0.4, 0.5) is 0 Å². The van der Waals surface area contributed by atoms with Crippen LogP contribution < -0.4 is 10.5 Å². The molecule has 0 bridgehead atoms. The predicted octanol–water partition coefficient (Wildman–Crippen LogP) is 2.81. The standard InChI is InChI=1S/C16H21N3O2/c1-2-13(17)8-11-4-3-5-14(9-11)20-10-15-18-16(21-19-15)12-6-7-12/h3-5,9,12-13H,2,6-8,10,17H2,1H3. The number of ether oxygens (including phenoxy) is 1. The molecule has 1 aliphatic carbocycles. The highest BCUT2D eigenvalue weighted by Crippen LogP contribution is 2.38. The molecule has 5 nitrogen and oxygen atoms in total. The van der Waals surface area contributed by atoms with E-state index in [1.807, 2.05) is 18.2 Å². The largest absolute Gasteiger partial charge is 0.485 e. The Morgan fingerprint density at radius 3 is 3.05 bits per heavy atom. The van der Waals surface area contributed by atoms with E-state index in [1.54, 1.807) is 0 Å². The van der Waals surface area contributed by atoms with Crippen LogP contribution in [0.2, 0.25) is 0 Å². The molecule has 21 heavy (non-hydrogen) atoms. The van der Waals surface area contributed by atoms with E-state index in [-0.39, 0.29) is 6.04 Å². The van der Waals surface area contributed by atoms with Gasteiger partial charge >= 0.3 is 0 Å². The Hall–Kier alpha value is -1.88. The van der Waals surface area contributed by atoms with Crippen LogP contribution in [0, 0.1) is 0 Å². The van der Waals surface area contributed by atoms with E-state index >= 15 is 0 Å². The summed E-state index contributed by atoms with van der Waals surface area (Å²) in [5.41, 5.74) is 7.17. The van der Waals surface area contributed by atoms with Gasteiger partial charge in [0.15, 0.2) is 6.61 Å². The molecule has 3 rings (SSSR count). The van der Waals surface area contributed by atoms with Gasteiger partial charge in [-0.1, -0.05) is 24.2 Å². The van der Waals surface area contributed by atoms with E-state index < -0.39 is 0 Å². The third kappa shape index (κ3) is 3.82. The minimum Gasteiger partial charge on any atom is -0.485 e. The molecule has 1 fully saturated rings. The SMILES string of the molecule is CCC(N)Cc1cccc(OCc2noc(C3CC3)n2)c1. The topological polar surface area (TPSA) is 74.2 Å². The molecular formula is C16H21N3O2. The molecule has 1 aromatic heterocycles. The maximum atomic E-state index is 5.98. The summed E-state index contributed by atoms with van der Waals surface area (Å²) in [5.74, 6) is 2.64. The number of nitrogens with zero attached hydrogens (tertiary/aromatic N) is 2. The fraction of sp³-hybridized carbons (Fsp3) is 0.500. The molecule has 0 amide bonds. The zero-order chi connectivity index (χ0) is 14.7. The molecule has 1 atom stereocenters. The van der Waals surface area contributed by atoms with Crippen LogP contribution in [0.5, 0.6) is 5.75 Å². The second-order valence-electron chi connectivity index (χ2n) is 5.63. The first-order valence-electron chi connectivity index (χ1n) is 7.54. The van der Waals surface area contributed by atoms with E-state index in [0.717, 1.165) is 37.3 Å². The van der Waals surface area contributed by atoms with Crippen LogP contribution in [0.1, 0.15) is 49.4 Å². The molecule has 1 saturated carbocycles. The summed E-state index contributed by atoms with van der Waals surface area (Å²) in [7, 11) is 0. The van der Waals surface area contributed by atoms with Gasteiger partial charge in [0.05, 0.1) is 0 Å². The third-order valence-corrected chi connectivity index (χ3v) is 3.70. The van der Waals surface area contributed by atoms with Crippen molar-refractivity contribution < 1.29 is 9.26 Å². The number of hydrogen-bond acceptors (Lipinski definition) is 5. The van der Waals surface area contributed by atoms with Gasteiger partial charge < -0.3 is 15.0 Å². The lowest BCUT2D eigenvalue weighted by Crippen LogP contribution is -2.21. The lowest BCUT2D eigenvalue weighted by molar-refractivity contribution is 0.285. The summed E-state index contributed by atoms with van der Waals surface area (Å²) in [6.45, 7) is 2.43. The van der Waals surface area contributed by atoms with Crippen molar-refractivity contribution in [2.45, 2.75) is 51.2 Å². The first-order chi connectivity index (χ1) is 10.2. The Balaban J connectivity index is 1.57. The molecule has 2 aromatic rings. The van der Waals surface area contributed by atoms with Crippen molar-refractivity contribution in [2.24, 2.45) is 5.73 Å². The Labute approximate surface area is 124 Å². The number of benzene rings is 1. The Morgan fingerprint density at radius 2 is 2.29 bits per heavy atom. The zero-order valence-electron chi connectivity index (χ0n) is 12.3. The lowest BCUT2D eigenvalue weighted by Gasteiger charge is -2.10. The number of aromatic nitrogens is 2. The van der Waals surface area contributed by atoms with Gasteiger partial charge in [-0.25, -0.2) is 0 Å². The molecule has 112 valence electrons. The smallest absolute Gasteiger partial charge is 0.229 e. The van der Waals surface area contributed by atoms with E-state index in [9.17, 15) is 0 Å². The molecule has 1 aromatic carbocycles. The Kier molecular flexibility index (Phi) is 4.20. The Morgan fingerprint density at radius 1 is 1.43 bits per heavy atom. The van der Waals surface area contributed by atoms with Crippen molar-refractivity contribution >= 4 is 0 Å². The molecular weight excluding hydrogens is 266 g/mol. The predicted molar refractivity (Wildman–Crippen MR) is 79.0 cm³/mol. The highest BCUT2D eigenvalue weighted by atomic mass is 16.5. The molecule has 1 heterocycles. The van der Waals surface area contributed by atoms with Gasteiger partial charge in [0.1, 0.15) is 5.75 Å². The van der Waals surface area contributed by atoms with E-state index in [2.05, 4.69) is 23.1 Å². The maximum Gasteiger partial charge on any atom is 0.229 e. The second kappa shape index (κ2) is 6.26. The third-order valence-electron chi connectivity index (χ3n) is 3.70. The molecule has 0 aliphatic heterocycles. The minimum atomic E-state index is 0.193. The van der Waals surface area contributed by atoms with E-state index in [0.29, 0.717) is 18.3 Å². The van der Waals surface area contributed by atoms with Crippen LogP contribution >= 0.6 is 0 Å². The molecule has 0 saturated heterocycles. The van der Waals surface area contributed by atoms with Crippen molar-refractivity contribution in [2.75, 3.05) is 0 Å². The maximum absolute atomic E-state index is 5.98. The number of hydrogen-bond donors (Lipinski definition) is 1. The van der Waals surface area contributed by atoms with Gasteiger partial charge in [-0.05, 0) is 43.4 Å². The average Bonchev–Trinajstić information content (AvgIpc) is 3.24. The highest BCUT2D eigenvalue weighted by Gasteiger charge is 2.29. The van der Waals surface area contributed by atoms with Crippen molar-refractivity contribution in [1.82, 2.24) is 10.1 Å². The summed E-state index contributed by atoms with van der Waals surface area (Å²) < 4.78 is 10.9. The number of nitrogens with two attached hydrogens (primary N) is 1. The highest BCUT2D eigenvalue weighted by molar-refractivity contribution is 5.29. The average molecular weight is 287 g/mol. The summed E-state index contributed by atoms with van der Waals surface area (Å²) >= 11 is 0. The first-order valence-corrected chi connectivity index (χ1v) is 7.54. The summed E-state index contributed by atoms with van der Waals surface area (Å²) in [6.07, 6.45) is 4.14. The lowest BCUT2D eigenvalue weighted by atomic mass is 10.0. The molecule has 0 radical (unpaired) electrons. The fourth-order valence-corrected chi connectivity index (χ4v) is 2.18. The first kappa shape index (κ1) is 14.1. The summed E-state index contributed by atoms with van der Waals surface area (Å²) in [4.78, 5) is 4.35. The van der Waals surface area contributed by atoms with Gasteiger partial charge in [-0.15, -0.1) is 0 Å². The quantitative estimate of drug-likeness (QED) is 0.847. The summed E-state index contributed by atoms with van der Waals surface area (Å²) in [5, 5.41) is 3.95. The second-order valence-corrected chi connectivity index (χ2v) is 5.63. The van der Waals surface area contributed by atoms with Crippen molar-refractivity contribution in [3.63, 3.8) is 0 Å². The van der Waals surface area contributed by atoms with Crippen LogP contribution in [-0.4, -0.2) is 16.2 Å². The van der Waals surface area contributed by atoms with Crippen molar-refractivity contribution in [1.29, 1.82) is 0 Å². The van der Waals surface area contributed by atoms with Crippen LogP contribution in [-0.2, 0) is 13.0 Å². The van der Waals surface area contributed by atoms with Crippen LogP contribution in [0.15, 0.2) is 28.8 Å². The molecule has 2 N–H and O–H groups in total. The fourth-order valence-electron chi connectivity index (χ4n) is 2.18. The minimum absolute atomic E-state index is 0.193. The van der Waals surface area contributed by atoms with Gasteiger partial charge in [-0.3, -0.25) is 0 Å². The van der Waals surface area contributed by atoms with E-state index in [4.69, 9.17) is 15.0 Å². The molecule has 1 unspecified atom stereocenters. The van der Waals surface area contributed by atoms with Crippen LogP contribution in [0.25, 0.3) is 0 Å². The van der Waals surface area contributed by atoms with Crippen molar-refractivity contribution in [3.05, 3.63) is 41.5 Å². The molecule has 0 spiro atoms. The zero-order valence-corrected chi connectivity index (χ0v) is 12.3. The number of rotatable bonds is 7. The van der Waals surface area contributed by atoms with Gasteiger partial charge in [0.2, 0.25) is 11.7 Å². The Bertz CT molecular complexity index is 593. The van der Waals surface area contributed by atoms with Gasteiger partial charge in [-0.2, -0.15) is 4.98 Å². The van der Waals surface area contributed by atoms with Gasteiger partial charge in [0, 0.05) is 12.0 Å². The van der Waals surface area contributed by atoms with Crippen LogP contribution in [0.3, 0.4) is 0 Å². The summed E-state index contributed by atoms with van der Waals surface area (Å²) in [6, 6.07) is 8.21. The van der Waals surface area contributed by atoms with E-state index in [1.165, 1.54) is 5.56 Å². The van der Waals surface area contributed by atoms with Crippen molar-refractivity contribution in [3.8, 4) is 5.75 Å². The molecule has 1 aliphatic rings. The molecule has 5 heteroatoms. The normalized spacial score (nSPS) is 15.9. The monoisotopic (exact) mass is 287 g/mol.